The number of rotatable bonds is 5. The SMILES string of the molecule is CC[C@@H](O)c1ccc(OCc2nccs2)cc1. The van der Waals surface area contributed by atoms with Crippen LogP contribution in [-0.2, 0) is 6.61 Å². The third-order valence-corrected chi connectivity index (χ3v) is 3.25. The van der Waals surface area contributed by atoms with Crippen LogP contribution in [0.2, 0.25) is 0 Å². The van der Waals surface area contributed by atoms with Crippen molar-refractivity contribution in [3.63, 3.8) is 0 Å². The molecule has 1 aromatic heterocycles. The Hall–Kier alpha value is -1.39. The third kappa shape index (κ3) is 3.28. The summed E-state index contributed by atoms with van der Waals surface area (Å²) in [5.74, 6) is 0.798. The monoisotopic (exact) mass is 249 g/mol. The molecule has 4 heteroatoms. The van der Waals surface area contributed by atoms with Crippen LogP contribution in [0.4, 0.5) is 0 Å². The fraction of sp³-hybridized carbons (Fsp3) is 0.308. The summed E-state index contributed by atoms with van der Waals surface area (Å²) >= 11 is 1.58. The third-order valence-electron chi connectivity index (χ3n) is 2.50. The van der Waals surface area contributed by atoms with Gasteiger partial charge in [-0.15, -0.1) is 11.3 Å². The molecular formula is C13H15NO2S. The Morgan fingerprint density at radius 2 is 2.12 bits per heavy atom. The highest BCUT2D eigenvalue weighted by Gasteiger charge is 2.04. The topological polar surface area (TPSA) is 42.4 Å². The first-order valence-corrected chi connectivity index (χ1v) is 6.46. The number of hydrogen-bond donors (Lipinski definition) is 1. The average Bonchev–Trinajstić information content (AvgIpc) is 2.89. The highest BCUT2D eigenvalue weighted by molar-refractivity contribution is 7.09. The molecule has 1 atom stereocenters. The second-order valence-electron chi connectivity index (χ2n) is 3.71. The maximum atomic E-state index is 9.65. The Morgan fingerprint density at radius 3 is 2.71 bits per heavy atom. The number of aliphatic hydroxyl groups excluding tert-OH is 1. The van der Waals surface area contributed by atoms with Crippen molar-refractivity contribution in [2.45, 2.75) is 26.1 Å². The van der Waals surface area contributed by atoms with E-state index in [1.807, 2.05) is 36.6 Å². The van der Waals surface area contributed by atoms with E-state index in [1.54, 1.807) is 17.5 Å². The first kappa shape index (κ1) is 12.1. The van der Waals surface area contributed by atoms with Crippen LogP contribution in [-0.4, -0.2) is 10.1 Å². The van der Waals surface area contributed by atoms with Crippen molar-refractivity contribution in [2.24, 2.45) is 0 Å². The highest BCUT2D eigenvalue weighted by atomic mass is 32.1. The summed E-state index contributed by atoms with van der Waals surface area (Å²) in [6, 6.07) is 7.54. The molecule has 1 N–H and O–H groups in total. The molecule has 0 radical (unpaired) electrons. The van der Waals surface area contributed by atoms with Gasteiger partial charge in [-0.2, -0.15) is 0 Å². The summed E-state index contributed by atoms with van der Waals surface area (Å²) in [4.78, 5) is 4.14. The van der Waals surface area contributed by atoms with Crippen molar-refractivity contribution in [2.75, 3.05) is 0 Å². The summed E-state index contributed by atoms with van der Waals surface area (Å²) in [6.45, 7) is 2.45. The van der Waals surface area contributed by atoms with Crippen molar-refractivity contribution < 1.29 is 9.84 Å². The average molecular weight is 249 g/mol. The van der Waals surface area contributed by atoms with E-state index in [1.165, 1.54) is 0 Å². The van der Waals surface area contributed by atoms with Crippen LogP contribution in [0.25, 0.3) is 0 Å². The Bertz CT molecular complexity index is 439. The van der Waals surface area contributed by atoms with Gasteiger partial charge in [-0.3, -0.25) is 0 Å². The number of aromatic nitrogens is 1. The molecule has 0 amide bonds. The molecule has 0 spiro atoms. The van der Waals surface area contributed by atoms with Gasteiger partial charge < -0.3 is 9.84 Å². The van der Waals surface area contributed by atoms with E-state index in [-0.39, 0.29) is 6.10 Å². The van der Waals surface area contributed by atoms with Crippen molar-refractivity contribution in [1.29, 1.82) is 0 Å². The highest BCUT2D eigenvalue weighted by Crippen LogP contribution is 2.20. The van der Waals surface area contributed by atoms with E-state index in [4.69, 9.17) is 4.74 Å². The van der Waals surface area contributed by atoms with Gasteiger partial charge in [0.15, 0.2) is 0 Å². The minimum Gasteiger partial charge on any atom is -0.486 e. The Labute approximate surface area is 105 Å². The predicted molar refractivity (Wildman–Crippen MR) is 68.1 cm³/mol. The molecule has 0 saturated heterocycles. The zero-order valence-electron chi connectivity index (χ0n) is 9.67. The smallest absolute Gasteiger partial charge is 0.140 e. The Kier molecular flexibility index (Phi) is 4.12. The molecule has 3 nitrogen and oxygen atoms in total. The van der Waals surface area contributed by atoms with Crippen LogP contribution >= 0.6 is 11.3 Å². The number of aliphatic hydroxyl groups is 1. The Morgan fingerprint density at radius 1 is 1.35 bits per heavy atom. The fourth-order valence-electron chi connectivity index (χ4n) is 1.49. The second-order valence-corrected chi connectivity index (χ2v) is 4.69. The normalized spacial score (nSPS) is 12.4. The van der Waals surface area contributed by atoms with E-state index in [0.29, 0.717) is 6.61 Å². The van der Waals surface area contributed by atoms with Gasteiger partial charge in [0.2, 0.25) is 0 Å². The van der Waals surface area contributed by atoms with Gasteiger partial charge in [0.25, 0.3) is 0 Å². The first-order chi connectivity index (χ1) is 8.29. The molecule has 0 saturated carbocycles. The van der Waals surface area contributed by atoms with E-state index in [2.05, 4.69) is 4.98 Å². The number of hydrogen-bond acceptors (Lipinski definition) is 4. The molecule has 0 fully saturated rings. The zero-order chi connectivity index (χ0) is 12.1. The molecule has 1 aromatic carbocycles. The molecular weight excluding hydrogens is 234 g/mol. The van der Waals surface area contributed by atoms with Gasteiger partial charge in [-0.25, -0.2) is 4.98 Å². The Balaban J connectivity index is 1.94. The van der Waals surface area contributed by atoms with Crippen LogP contribution in [0.5, 0.6) is 5.75 Å². The number of benzene rings is 1. The van der Waals surface area contributed by atoms with Crippen LogP contribution < -0.4 is 4.74 Å². The largest absolute Gasteiger partial charge is 0.486 e. The molecule has 0 aliphatic heterocycles. The van der Waals surface area contributed by atoms with Crippen molar-refractivity contribution in [3.8, 4) is 5.75 Å². The van der Waals surface area contributed by atoms with Gasteiger partial charge >= 0.3 is 0 Å². The second kappa shape index (κ2) is 5.80. The summed E-state index contributed by atoms with van der Waals surface area (Å²) < 4.78 is 5.59. The summed E-state index contributed by atoms with van der Waals surface area (Å²) in [5, 5.41) is 12.5. The lowest BCUT2D eigenvalue weighted by Crippen LogP contribution is -1.97. The van der Waals surface area contributed by atoms with E-state index < -0.39 is 0 Å². The molecule has 0 aliphatic carbocycles. The number of ether oxygens (including phenoxy) is 1. The lowest BCUT2D eigenvalue weighted by atomic mass is 10.1. The van der Waals surface area contributed by atoms with Gasteiger partial charge in [-0.1, -0.05) is 19.1 Å². The minimum absolute atomic E-state index is 0.386. The maximum Gasteiger partial charge on any atom is 0.140 e. The predicted octanol–water partition coefficient (Wildman–Crippen LogP) is 3.17. The van der Waals surface area contributed by atoms with Crippen molar-refractivity contribution in [3.05, 3.63) is 46.4 Å². The maximum absolute atomic E-state index is 9.65. The summed E-state index contributed by atoms with van der Waals surface area (Å²) in [6.07, 6.45) is 2.10. The fourth-order valence-corrected chi connectivity index (χ4v) is 2.02. The molecule has 0 bridgehead atoms. The zero-order valence-corrected chi connectivity index (χ0v) is 10.5. The molecule has 17 heavy (non-hydrogen) atoms. The van der Waals surface area contributed by atoms with E-state index in [0.717, 1.165) is 22.7 Å². The molecule has 2 aromatic rings. The molecule has 90 valence electrons. The minimum atomic E-state index is -0.386. The van der Waals surface area contributed by atoms with E-state index in [9.17, 15) is 5.11 Å². The summed E-state index contributed by atoms with van der Waals surface area (Å²) in [7, 11) is 0. The molecule has 1 heterocycles. The van der Waals surface area contributed by atoms with Crippen molar-refractivity contribution >= 4 is 11.3 Å². The molecule has 0 aliphatic rings. The first-order valence-electron chi connectivity index (χ1n) is 5.58. The number of thiazole rings is 1. The van der Waals surface area contributed by atoms with E-state index >= 15 is 0 Å². The lowest BCUT2D eigenvalue weighted by molar-refractivity contribution is 0.173. The van der Waals surface area contributed by atoms with Crippen molar-refractivity contribution in [1.82, 2.24) is 4.98 Å². The van der Waals surface area contributed by atoms with Gasteiger partial charge in [0.1, 0.15) is 17.4 Å². The van der Waals surface area contributed by atoms with Gasteiger partial charge in [0, 0.05) is 11.6 Å². The van der Waals surface area contributed by atoms with Gasteiger partial charge in [0.05, 0.1) is 6.10 Å². The van der Waals surface area contributed by atoms with Crippen LogP contribution in [0.1, 0.15) is 30.0 Å². The van der Waals surface area contributed by atoms with Crippen LogP contribution in [0.15, 0.2) is 35.8 Å². The summed E-state index contributed by atoms with van der Waals surface area (Å²) in [5.41, 5.74) is 0.925. The number of nitrogens with zero attached hydrogens (tertiary/aromatic N) is 1. The standard InChI is InChI=1S/C13H15NO2S/c1-2-12(15)10-3-5-11(6-4-10)16-9-13-14-7-8-17-13/h3-8,12,15H,2,9H2,1H3/t12-/m1/s1. The molecule has 0 unspecified atom stereocenters. The van der Waals surface area contributed by atoms with Crippen LogP contribution in [0.3, 0.4) is 0 Å². The van der Waals surface area contributed by atoms with Gasteiger partial charge in [-0.05, 0) is 24.1 Å². The quantitative estimate of drug-likeness (QED) is 0.885. The van der Waals surface area contributed by atoms with Crippen LogP contribution in [0, 0.1) is 0 Å². The molecule has 2 rings (SSSR count). The lowest BCUT2D eigenvalue weighted by Gasteiger charge is -2.09.